The lowest BCUT2D eigenvalue weighted by molar-refractivity contribution is 0.342. The molecule has 0 unspecified atom stereocenters. The molecule has 3 heteroatoms. The molecule has 3 nitrogen and oxygen atoms in total. The maximum atomic E-state index is 9.62. The molecule has 0 spiro atoms. The lowest BCUT2D eigenvalue weighted by Gasteiger charge is -2.09. The molecule has 13 heavy (non-hydrogen) atoms. The van der Waals surface area contributed by atoms with Gasteiger partial charge in [-0.2, -0.15) is 0 Å². The lowest BCUT2D eigenvalue weighted by atomic mass is 10.1. The van der Waals surface area contributed by atoms with Crippen LogP contribution in [-0.4, -0.2) is 17.3 Å². The van der Waals surface area contributed by atoms with E-state index in [9.17, 15) is 10.2 Å². The van der Waals surface area contributed by atoms with Crippen molar-refractivity contribution >= 4 is 0 Å². The number of rotatable bonds is 3. The van der Waals surface area contributed by atoms with Crippen LogP contribution in [0.5, 0.6) is 17.2 Å². The van der Waals surface area contributed by atoms with E-state index in [0.717, 1.165) is 18.4 Å². The standard InChI is InChI=1S/C10H14O3/c1-3-4-7-5-6-8(11)10(13-2)9(7)12/h5-6,11-12H,3-4H2,1-2H3. The Morgan fingerprint density at radius 3 is 2.54 bits per heavy atom. The normalized spacial score (nSPS) is 10.0. The topological polar surface area (TPSA) is 49.7 Å². The van der Waals surface area contributed by atoms with Gasteiger partial charge in [0.1, 0.15) is 0 Å². The summed E-state index contributed by atoms with van der Waals surface area (Å²) in [5, 5.41) is 18.9. The fraction of sp³-hybridized carbons (Fsp3) is 0.400. The van der Waals surface area contributed by atoms with Crippen LogP contribution in [0.25, 0.3) is 0 Å². The molecule has 1 rings (SSSR count). The average Bonchev–Trinajstić information content (AvgIpc) is 2.11. The molecule has 0 aromatic heterocycles. The van der Waals surface area contributed by atoms with E-state index >= 15 is 0 Å². The number of ether oxygens (including phenoxy) is 1. The summed E-state index contributed by atoms with van der Waals surface area (Å²) in [5.41, 5.74) is 0.803. The van der Waals surface area contributed by atoms with E-state index in [-0.39, 0.29) is 17.2 Å². The van der Waals surface area contributed by atoms with Crippen LogP contribution in [0.1, 0.15) is 18.9 Å². The summed E-state index contributed by atoms with van der Waals surface area (Å²) in [4.78, 5) is 0. The van der Waals surface area contributed by atoms with Gasteiger partial charge in [-0.05, 0) is 18.1 Å². The van der Waals surface area contributed by atoms with Crippen molar-refractivity contribution in [3.8, 4) is 17.2 Å². The highest BCUT2D eigenvalue weighted by Crippen LogP contribution is 2.38. The molecule has 0 aliphatic rings. The second-order valence-electron chi connectivity index (χ2n) is 2.88. The molecule has 2 N–H and O–H groups in total. The number of aromatic hydroxyl groups is 2. The van der Waals surface area contributed by atoms with Gasteiger partial charge in [0.2, 0.25) is 5.75 Å². The zero-order chi connectivity index (χ0) is 9.84. The Balaban J connectivity index is 3.11. The van der Waals surface area contributed by atoms with E-state index in [1.165, 1.54) is 13.2 Å². The molecule has 0 radical (unpaired) electrons. The van der Waals surface area contributed by atoms with Gasteiger partial charge in [-0.25, -0.2) is 0 Å². The van der Waals surface area contributed by atoms with Crippen molar-refractivity contribution < 1.29 is 14.9 Å². The Bertz CT molecular complexity index is 294. The lowest BCUT2D eigenvalue weighted by Crippen LogP contribution is -1.90. The van der Waals surface area contributed by atoms with E-state index in [0.29, 0.717) is 0 Å². The van der Waals surface area contributed by atoms with Crippen LogP contribution in [0.3, 0.4) is 0 Å². The Morgan fingerprint density at radius 1 is 1.31 bits per heavy atom. The quantitative estimate of drug-likeness (QED) is 0.752. The Kier molecular flexibility index (Phi) is 3.01. The molecular weight excluding hydrogens is 168 g/mol. The van der Waals surface area contributed by atoms with Gasteiger partial charge >= 0.3 is 0 Å². The van der Waals surface area contributed by atoms with Crippen LogP contribution in [-0.2, 0) is 6.42 Å². The van der Waals surface area contributed by atoms with Gasteiger partial charge in [-0.15, -0.1) is 0 Å². The number of benzene rings is 1. The average molecular weight is 182 g/mol. The van der Waals surface area contributed by atoms with Crippen LogP contribution >= 0.6 is 0 Å². The van der Waals surface area contributed by atoms with Crippen molar-refractivity contribution in [2.45, 2.75) is 19.8 Å². The third-order valence-electron chi connectivity index (χ3n) is 1.92. The minimum absolute atomic E-state index is 0.0279. The molecule has 0 saturated carbocycles. The molecule has 0 amide bonds. The summed E-state index contributed by atoms with van der Waals surface area (Å²) in [5.74, 6) is 0.176. The van der Waals surface area contributed by atoms with Crippen LogP contribution in [0.15, 0.2) is 12.1 Å². The van der Waals surface area contributed by atoms with E-state index in [1.807, 2.05) is 6.92 Å². The largest absolute Gasteiger partial charge is 0.504 e. The number of hydrogen-bond acceptors (Lipinski definition) is 3. The predicted molar refractivity (Wildman–Crippen MR) is 50.3 cm³/mol. The van der Waals surface area contributed by atoms with E-state index in [1.54, 1.807) is 6.07 Å². The van der Waals surface area contributed by atoms with Crippen LogP contribution < -0.4 is 4.74 Å². The summed E-state index contributed by atoms with van der Waals surface area (Å²) >= 11 is 0. The highest BCUT2D eigenvalue weighted by molar-refractivity contribution is 5.54. The predicted octanol–water partition coefficient (Wildman–Crippen LogP) is 2.06. The molecule has 1 aromatic rings. The van der Waals surface area contributed by atoms with Gasteiger partial charge < -0.3 is 14.9 Å². The molecule has 0 fully saturated rings. The van der Waals surface area contributed by atoms with E-state index in [2.05, 4.69) is 0 Å². The first-order valence-corrected chi connectivity index (χ1v) is 4.28. The van der Waals surface area contributed by atoms with Crippen molar-refractivity contribution in [3.05, 3.63) is 17.7 Å². The summed E-state index contributed by atoms with van der Waals surface area (Å²) in [6, 6.07) is 3.24. The number of hydrogen-bond donors (Lipinski definition) is 2. The fourth-order valence-electron chi connectivity index (χ4n) is 1.27. The molecule has 0 saturated heterocycles. The molecule has 0 heterocycles. The van der Waals surface area contributed by atoms with Gasteiger partial charge in [0.25, 0.3) is 0 Å². The van der Waals surface area contributed by atoms with Gasteiger partial charge in [-0.3, -0.25) is 0 Å². The maximum Gasteiger partial charge on any atom is 0.203 e. The van der Waals surface area contributed by atoms with Crippen molar-refractivity contribution in [1.82, 2.24) is 0 Å². The molecule has 0 aliphatic carbocycles. The first-order chi connectivity index (χ1) is 6.20. The molecule has 0 bridgehead atoms. The smallest absolute Gasteiger partial charge is 0.203 e. The third-order valence-corrected chi connectivity index (χ3v) is 1.92. The Labute approximate surface area is 77.6 Å². The zero-order valence-corrected chi connectivity index (χ0v) is 7.87. The fourth-order valence-corrected chi connectivity index (χ4v) is 1.27. The SMILES string of the molecule is CCCc1ccc(O)c(OC)c1O. The highest BCUT2D eigenvalue weighted by atomic mass is 16.5. The summed E-state index contributed by atoms with van der Waals surface area (Å²) in [6.45, 7) is 2.03. The van der Waals surface area contributed by atoms with Crippen molar-refractivity contribution in [3.63, 3.8) is 0 Å². The molecule has 0 atom stereocenters. The zero-order valence-electron chi connectivity index (χ0n) is 7.87. The van der Waals surface area contributed by atoms with Crippen LogP contribution in [0.2, 0.25) is 0 Å². The van der Waals surface area contributed by atoms with Crippen molar-refractivity contribution in [1.29, 1.82) is 0 Å². The minimum Gasteiger partial charge on any atom is -0.504 e. The van der Waals surface area contributed by atoms with Gasteiger partial charge in [0.15, 0.2) is 11.5 Å². The number of methoxy groups -OCH3 is 1. The second-order valence-corrected chi connectivity index (χ2v) is 2.88. The van der Waals surface area contributed by atoms with Gasteiger partial charge in [0, 0.05) is 0 Å². The highest BCUT2D eigenvalue weighted by Gasteiger charge is 2.11. The Morgan fingerprint density at radius 2 is 2.00 bits per heavy atom. The first-order valence-electron chi connectivity index (χ1n) is 4.28. The summed E-state index contributed by atoms with van der Waals surface area (Å²) in [6.07, 6.45) is 1.73. The van der Waals surface area contributed by atoms with Gasteiger partial charge in [0.05, 0.1) is 7.11 Å². The van der Waals surface area contributed by atoms with Gasteiger partial charge in [-0.1, -0.05) is 19.4 Å². The third kappa shape index (κ3) is 1.86. The number of phenolic OH excluding ortho intramolecular Hbond substituents is 2. The maximum absolute atomic E-state index is 9.62. The summed E-state index contributed by atoms with van der Waals surface area (Å²) < 4.78 is 4.86. The second kappa shape index (κ2) is 4.03. The molecule has 72 valence electrons. The molecule has 0 aliphatic heterocycles. The van der Waals surface area contributed by atoms with Crippen molar-refractivity contribution in [2.24, 2.45) is 0 Å². The van der Waals surface area contributed by atoms with Crippen molar-refractivity contribution in [2.75, 3.05) is 7.11 Å². The molecular formula is C10H14O3. The first kappa shape index (κ1) is 9.71. The van der Waals surface area contributed by atoms with E-state index in [4.69, 9.17) is 4.74 Å². The Hall–Kier alpha value is -1.38. The number of aryl methyl sites for hydroxylation is 1. The monoisotopic (exact) mass is 182 g/mol. The number of phenols is 2. The molecule has 1 aromatic carbocycles. The van der Waals surface area contributed by atoms with Crippen LogP contribution in [0, 0.1) is 0 Å². The van der Waals surface area contributed by atoms with Crippen LogP contribution in [0.4, 0.5) is 0 Å². The summed E-state index contributed by atoms with van der Waals surface area (Å²) in [7, 11) is 1.42. The minimum atomic E-state index is -0.0279. The van der Waals surface area contributed by atoms with E-state index < -0.39 is 0 Å².